The highest BCUT2D eigenvalue weighted by Gasteiger charge is 2.06. The molecule has 0 fully saturated rings. The van der Waals surface area contributed by atoms with Gasteiger partial charge in [0.25, 0.3) is 0 Å². The van der Waals surface area contributed by atoms with E-state index in [0.717, 1.165) is 13.0 Å². The quantitative estimate of drug-likeness (QED) is 0.505. The zero-order valence-corrected chi connectivity index (χ0v) is 9.80. The van der Waals surface area contributed by atoms with Crippen LogP contribution in [0.2, 0.25) is 0 Å². The van der Waals surface area contributed by atoms with E-state index in [-0.39, 0.29) is 5.97 Å². The maximum absolute atomic E-state index is 11.0. The number of carbonyl (C=O) groups is 1. The number of hydrogen-bond acceptors (Lipinski definition) is 3. The van der Waals surface area contributed by atoms with Gasteiger partial charge < -0.3 is 10.1 Å². The molecule has 84 valence electrons. The van der Waals surface area contributed by atoms with Crippen molar-refractivity contribution in [2.75, 3.05) is 13.2 Å². The van der Waals surface area contributed by atoms with Crippen LogP contribution in [0.3, 0.4) is 0 Å². The van der Waals surface area contributed by atoms with Gasteiger partial charge in [0.2, 0.25) is 0 Å². The second kappa shape index (κ2) is 7.80. The van der Waals surface area contributed by atoms with E-state index in [1.807, 2.05) is 6.92 Å². The van der Waals surface area contributed by atoms with Crippen molar-refractivity contribution < 1.29 is 9.53 Å². The van der Waals surface area contributed by atoms with Crippen molar-refractivity contribution >= 4 is 5.97 Å². The summed E-state index contributed by atoms with van der Waals surface area (Å²) in [5.41, 5.74) is 0. The fourth-order valence-electron chi connectivity index (χ4n) is 1.03. The monoisotopic (exact) mass is 201 g/mol. The molecule has 14 heavy (non-hydrogen) atoms. The summed E-state index contributed by atoms with van der Waals surface area (Å²) in [7, 11) is 0. The minimum atomic E-state index is -0.0912. The van der Waals surface area contributed by atoms with Crippen LogP contribution in [0.25, 0.3) is 0 Å². The number of rotatable bonds is 7. The Bertz CT molecular complexity index is 157. The SMILES string of the molecule is CCOC(=O)CCCNC(C)C(C)C. The lowest BCUT2D eigenvalue weighted by Gasteiger charge is -2.16. The van der Waals surface area contributed by atoms with Crippen LogP contribution < -0.4 is 5.32 Å². The summed E-state index contributed by atoms with van der Waals surface area (Å²) in [4.78, 5) is 11.0. The summed E-state index contributed by atoms with van der Waals surface area (Å²) in [6.45, 7) is 9.73. The predicted octanol–water partition coefficient (Wildman–Crippen LogP) is 1.96. The van der Waals surface area contributed by atoms with E-state index in [0.29, 0.717) is 25.0 Å². The molecule has 0 amide bonds. The first-order valence-electron chi connectivity index (χ1n) is 5.47. The van der Waals surface area contributed by atoms with Gasteiger partial charge >= 0.3 is 5.97 Å². The van der Waals surface area contributed by atoms with Crippen LogP contribution in [0.15, 0.2) is 0 Å². The Morgan fingerprint density at radius 2 is 2.00 bits per heavy atom. The molecule has 1 unspecified atom stereocenters. The van der Waals surface area contributed by atoms with Gasteiger partial charge in [-0.15, -0.1) is 0 Å². The number of carbonyl (C=O) groups excluding carboxylic acids is 1. The normalized spacial score (nSPS) is 12.9. The van der Waals surface area contributed by atoms with Crippen LogP contribution in [-0.2, 0) is 9.53 Å². The van der Waals surface area contributed by atoms with Gasteiger partial charge in [0.15, 0.2) is 0 Å². The van der Waals surface area contributed by atoms with E-state index >= 15 is 0 Å². The molecule has 1 N–H and O–H groups in total. The molecule has 0 saturated carbocycles. The predicted molar refractivity (Wildman–Crippen MR) is 58.2 cm³/mol. The minimum absolute atomic E-state index is 0.0912. The highest BCUT2D eigenvalue weighted by Crippen LogP contribution is 2.00. The molecule has 0 bridgehead atoms. The number of hydrogen-bond donors (Lipinski definition) is 1. The Kier molecular flexibility index (Phi) is 7.48. The van der Waals surface area contributed by atoms with E-state index in [9.17, 15) is 4.79 Å². The smallest absolute Gasteiger partial charge is 0.305 e. The minimum Gasteiger partial charge on any atom is -0.466 e. The van der Waals surface area contributed by atoms with Gasteiger partial charge in [0, 0.05) is 12.5 Å². The molecule has 0 aliphatic rings. The number of ether oxygens (including phenoxy) is 1. The van der Waals surface area contributed by atoms with E-state index in [1.165, 1.54) is 0 Å². The molecule has 0 radical (unpaired) electrons. The Balaban J connectivity index is 3.33. The van der Waals surface area contributed by atoms with Crippen molar-refractivity contribution in [3.8, 4) is 0 Å². The summed E-state index contributed by atoms with van der Waals surface area (Å²) in [6, 6.07) is 0.511. The van der Waals surface area contributed by atoms with Crippen molar-refractivity contribution in [1.29, 1.82) is 0 Å². The Labute approximate surface area is 87.2 Å². The first kappa shape index (κ1) is 13.4. The molecule has 3 nitrogen and oxygen atoms in total. The average molecular weight is 201 g/mol. The number of esters is 1. The summed E-state index contributed by atoms with van der Waals surface area (Å²) in [5, 5.41) is 3.37. The van der Waals surface area contributed by atoms with Gasteiger partial charge in [0.1, 0.15) is 0 Å². The molecule has 0 aliphatic heterocycles. The lowest BCUT2D eigenvalue weighted by atomic mass is 10.1. The standard InChI is InChI=1S/C11H23NO2/c1-5-14-11(13)7-6-8-12-10(4)9(2)3/h9-10,12H,5-8H2,1-4H3. The molecule has 0 aliphatic carbocycles. The van der Waals surface area contributed by atoms with Crippen LogP contribution >= 0.6 is 0 Å². The van der Waals surface area contributed by atoms with E-state index in [2.05, 4.69) is 26.1 Å². The van der Waals surface area contributed by atoms with Crippen LogP contribution in [0.1, 0.15) is 40.5 Å². The van der Waals surface area contributed by atoms with E-state index in [1.54, 1.807) is 0 Å². The zero-order chi connectivity index (χ0) is 11.0. The molecule has 1 atom stereocenters. The Morgan fingerprint density at radius 1 is 1.36 bits per heavy atom. The summed E-state index contributed by atoms with van der Waals surface area (Å²) in [5.74, 6) is 0.545. The van der Waals surface area contributed by atoms with Crippen LogP contribution in [-0.4, -0.2) is 25.2 Å². The topological polar surface area (TPSA) is 38.3 Å². The lowest BCUT2D eigenvalue weighted by Crippen LogP contribution is -2.31. The van der Waals surface area contributed by atoms with Crippen LogP contribution in [0, 0.1) is 5.92 Å². The van der Waals surface area contributed by atoms with Gasteiger partial charge in [-0.25, -0.2) is 0 Å². The third-order valence-electron chi connectivity index (χ3n) is 2.33. The van der Waals surface area contributed by atoms with Crippen molar-refractivity contribution in [2.24, 2.45) is 5.92 Å². The van der Waals surface area contributed by atoms with Gasteiger partial charge in [-0.3, -0.25) is 4.79 Å². The molecule has 0 aromatic heterocycles. The first-order chi connectivity index (χ1) is 6.57. The van der Waals surface area contributed by atoms with Crippen LogP contribution in [0.4, 0.5) is 0 Å². The third kappa shape index (κ3) is 6.89. The van der Waals surface area contributed by atoms with Gasteiger partial charge in [-0.2, -0.15) is 0 Å². The third-order valence-corrected chi connectivity index (χ3v) is 2.33. The summed E-state index contributed by atoms with van der Waals surface area (Å²) in [6.07, 6.45) is 1.38. The van der Waals surface area contributed by atoms with Gasteiger partial charge in [-0.1, -0.05) is 13.8 Å². The second-order valence-corrected chi connectivity index (χ2v) is 3.90. The maximum atomic E-state index is 11.0. The molecular weight excluding hydrogens is 178 g/mol. The van der Waals surface area contributed by atoms with Crippen molar-refractivity contribution in [2.45, 2.75) is 46.6 Å². The highest BCUT2D eigenvalue weighted by atomic mass is 16.5. The zero-order valence-electron chi connectivity index (χ0n) is 9.80. The first-order valence-corrected chi connectivity index (χ1v) is 5.47. The van der Waals surface area contributed by atoms with Crippen molar-refractivity contribution in [1.82, 2.24) is 5.32 Å². The Morgan fingerprint density at radius 3 is 2.50 bits per heavy atom. The van der Waals surface area contributed by atoms with Gasteiger partial charge in [0.05, 0.1) is 6.61 Å². The fourth-order valence-corrected chi connectivity index (χ4v) is 1.03. The maximum Gasteiger partial charge on any atom is 0.305 e. The summed E-state index contributed by atoms with van der Waals surface area (Å²) < 4.78 is 4.83. The molecule has 0 saturated heterocycles. The highest BCUT2D eigenvalue weighted by molar-refractivity contribution is 5.69. The largest absolute Gasteiger partial charge is 0.466 e. The van der Waals surface area contributed by atoms with Crippen molar-refractivity contribution in [3.05, 3.63) is 0 Å². The average Bonchev–Trinajstić information content (AvgIpc) is 2.12. The number of nitrogens with one attached hydrogen (secondary N) is 1. The molecule has 3 heteroatoms. The molecular formula is C11H23NO2. The molecule has 0 heterocycles. The Hall–Kier alpha value is -0.570. The molecule has 0 spiro atoms. The van der Waals surface area contributed by atoms with E-state index in [4.69, 9.17) is 4.74 Å². The lowest BCUT2D eigenvalue weighted by molar-refractivity contribution is -0.143. The molecule has 0 aromatic rings. The fraction of sp³-hybridized carbons (Fsp3) is 0.909. The van der Waals surface area contributed by atoms with E-state index < -0.39 is 0 Å². The van der Waals surface area contributed by atoms with Gasteiger partial charge in [-0.05, 0) is 32.7 Å². The molecule has 0 aromatic carbocycles. The second-order valence-electron chi connectivity index (χ2n) is 3.90. The summed E-state index contributed by atoms with van der Waals surface area (Å²) >= 11 is 0. The van der Waals surface area contributed by atoms with Crippen LogP contribution in [0.5, 0.6) is 0 Å². The molecule has 0 rings (SSSR count). The van der Waals surface area contributed by atoms with Crippen molar-refractivity contribution in [3.63, 3.8) is 0 Å².